The minimum atomic E-state index is -0.332. The number of nitrogens with zero attached hydrogens (tertiary/aromatic N) is 2. The first-order chi connectivity index (χ1) is 10.1. The second kappa shape index (κ2) is 6.94. The number of carbonyl (C=O) groups excluding carboxylic acids is 2. The van der Waals surface area contributed by atoms with Crippen molar-refractivity contribution in [2.24, 2.45) is 0 Å². The van der Waals surface area contributed by atoms with Crippen molar-refractivity contribution in [3.63, 3.8) is 0 Å². The lowest BCUT2D eigenvalue weighted by Crippen LogP contribution is -2.33. The van der Waals surface area contributed by atoms with Crippen molar-refractivity contribution in [3.05, 3.63) is 40.4 Å². The van der Waals surface area contributed by atoms with Crippen LogP contribution >= 0.6 is 11.5 Å². The molecule has 7 heteroatoms. The lowest BCUT2D eigenvalue weighted by molar-refractivity contribution is -0.115. The van der Waals surface area contributed by atoms with Crippen LogP contribution in [0.15, 0.2) is 24.3 Å². The summed E-state index contributed by atoms with van der Waals surface area (Å²) in [5.74, 6) is -0.596. The maximum atomic E-state index is 11.9. The Morgan fingerprint density at radius 3 is 2.71 bits per heavy atom. The van der Waals surface area contributed by atoms with E-state index < -0.39 is 0 Å². The van der Waals surface area contributed by atoms with Crippen LogP contribution in [0.25, 0.3) is 0 Å². The molecule has 0 unspecified atom stereocenters. The molecule has 1 heterocycles. The predicted molar refractivity (Wildman–Crippen MR) is 81.4 cm³/mol. The van der Waals surface area contributed by atoms with Gasteiger partial charge in [-0.1, -0.05) is 29.6 Å². The Morgan fingerprint density at radius 2 is 2.05 bits per heavy atom. The van der Waals surface area contributed by atoms with Gasteiger partial charge in [-0.05, 0) is 36.5 Å². The number of aryl methyl sites for hydroxylation is 2. The third-order valence-corrected chi connectivity index (χ3v) is 3.77. The zero-order valence-electron chi connectivity index (χ0n) is 11.8. The van der Waals surface area contributed by atoms with Crippen LogP contribution in [0.2, 0.25) is 0 Å². The standard InChI is InChI=1S/C14H16N4O2S/c1-3-10-6-4-5-7-11(10)16-12(19)8-15-14(20)13-9(2)17-18-21-13/h4-7H,3,8H2,1-2H3,(H,15,20)(H,16,19). The van der Waals surface area contributed by atoms with Gasteiger partial charge in [0, 0.05) is 5.69 Å². The van der Waals surface area contributed by atoms with Gasteiger partial charge < -0.3 is 10.6 Å². The molecule has 0 fully saturated rings. The topological polar surface area (TPSA) is 84.0 Å². The van der Waals surface area contributed by atoms with Gasteiger partial charge in [-0.15, -0.1) is 5.10 Å². The summed E-state index contributed by atoms with van der Waals surface area (Å²) < 4.78 is 3.69. The van der Waals surface area contributed by atoms with Crippen molar-refractivity contribution in [2.75, 3.05) is 11.9 Å². The molecule has 0 aliphatic carbocycles. The van der Waals surface area contributed by atoms with E-state index in [2.05, 4.69) is 20.2 Å². The van der Waals surface area contributed by atoms with E-state index in [9.17, 15) is 9.59 Å². The molecule has 6 nitrogen and oxygen atoms in total. The number of hydrogen-bond donors (Lipinski definition) is 2. The van der Waals surface area contributed by atoms with Gasteiger partial charge in [0.05, 0.1) is 12.2 Å². The van der Waals surface area contributed by atoms with Gasteiger partial charge in [0.25, 0.3) is 5.91 Å². The molecule has 0 aliphatic heterocycles. The normalized spacial score (nSPS) is 10.2. The van der Waals surface area contributed by atoms with Crippen molar-refractivity contribution < 1.29 is 9.59 Å². The molecule has 0 saturated heterocycles. The lowest BCUT2D eigenvalue weighted by Gasteiger charge is -2.10. The van der Waals surface area contributed by atoms with E-state index in [-0.39, 0.29) is 18.4 Å². The minimum Gasteiger partial charge on any atom is -0.342 e. The van der Waals surface area contributed by atoms with Crippen molar-refractivity contribution in [1.82, 2.24) is 14.9 Å². The molecule has 0 bridgehead atoms. The number of aromatic nitrogens is 2. The average molecular weight is 304 g/mol. The van der Waals surface area contributed by atoms with Crippen LogP contribution in [0.3, 0.4) is 0 Å². The number of para-hydroxylation sites is 1. The Kier molecular flexibility index (Phi) is 4.99. The van der Waals surface area contributed by atoms with Gasteiger partial charge in [0.2, 0.25) is 5.91 Å². The van der Waals surface area contributed by atoms with Crippen molar-refractivity contribution in [3.8, 4) is 0 Å². The Bertz CT molecular complexity index is 654. The largest absolute Gasteiger partial charge is 0.342 e. The monoisotopic (exact) mass is 304 g/mol. The maximum absolute atomic E-state index is 11.9. The van der Waals surface area contributed by atoms with E-state index in [0.717, 1.165) is 29.2 Å². The van der Waals surface area contributed by atoms with E-state index in [1.807, 2.05) is 31.2 Å². The Balaban J connectivity index is 1.91. The number of anilines is 1. The van der Waals surface area contributed by atoms with Crippen LogP contribution in [0.4, 0.5) is 5.69 Å². The first-order valence-corrected chi connectivity index (χ1v) is 7.34. The molecule has 2 N–H and O–H groups in total. The summed E-state index contributed by atoms with van der Waals surface area (Å²) in [7, 11) is 0. The summed E-state index contributed by atoms with van der Waals surface area (Å²) in [6.45, 7) is 3.64. The fraction of sp³-hybridized carbons (Fsp3) is 0.286. The first-order valence-electron chi connectivity index (χ1n) is 6.56. The molecule has 1 aromatic carbocycles. The van der Waals surface area contributed by atoms with Gasteiger partial charge in [-0.25, -0.2) is 0 Å². The molecule has 0 spiro atoms. The fourth-order valence-corrected chi connectivity index (χ4v) is 2.40. The van der Waals surface area contributed by atoms with E-state index in [4.69, 9.17) is 0 Å². The average Bonchev–Trinajstić information content (AvgIpc) is 2.91. The summed E-state index contributed by atoms with van der Waals surface area (Å²) in [5.41, 5.74) is 2.39. The molecule has 0 radical (unpaired) electrons. The van der Waals surface area contributed by atoms with Gasteiger partial charge in [-0.3, -0.25) is 9.59 Å². The molecule has 2 aromatic rings. The van der Waals surface area contributed by atoms with E-state index >= 15 is 0 Å². The Morgan fingerprint density at radius 1 is 1.29 bits per heavy atom. The maximum Gasteiger partial charge on any atom is 0.265 e. The molecular formula is C14H16N4O2S. The van der Waals surface area contributed by atoms with Gasteiger partial charge in [0.15, 0.2) is 0 Å². The number of nitrogens with one attached hydrogen (secondary N) is 2. The number of benzene rings is 1. The van der Waals surface area contributed by atoms with E-state index in [0.29, 0.717) is 10.6 Å². The van der Waals surface area contributed by atoms with E-state index in [1.165, 1.54) is 0 Å². The first kappa shape index (κ1) is 15.1. The Hall–Kier alpha value is -2.28. The van der Waals surface area contributed by atoms with Crippen LogP contribution in [0.1, 0.15) is 27.9 Å². The van der Waals surface area contributed by atoms with Crippen LogP contribution in [-0.4, -0.2) is 27.9 Å². The molecule has 21 heavy (non-hydrogen) atoms. The Labute approximate surface area is 126 Å². The second-order valence-corrected chi connectivity index (χ2v) is 5.18. The van der Waals surface area contributed by atoms with Gasteiger partial charge >= 0.3 is 0 Å². The molecule has 0 saturated carbocycles. The zero-order valence-corrected chi connectivity index (χ0v) is 12.7. The molecule has 1 aromatic heterocycles. The molecule has 110 valence electrons. The molecular weight excluding hydrogens is 288 g/mol. The highest BCUT2D eigenvalue weighted by Gasteiger charge is 2.14. The summed E-state index contributed by atoms with van der Waals surface area (Å²) >= 11 is 1.01. The summed E-state index contributed by atoms with van der Waals surface area (Å²) in [6.07, 6.45) is 0.828. The number of rotatable bonds is 5. The van der Waals surface area contributed by atoms with Crippen LogP contribution < -0.4 is 10.6 Å². The number of hydrogen-bond acceptors (Lipinski definition) is 5. The summed E-state index contributed by atoms with van der Waals surface area (Å²) in [5, 5.41) is 9.12. The molecule has 0 aliphatic rings. The van der Waals surface area contributed by atoms with E-state index in [1.54, 1.807) is 6.92 Å². The highest BCUT2D eigenvalue weighted by atomic mass is 32.1. The van der Waals surface area contributed by atoms with Gasteiger partial charge in [-0.2, -0.15) is 0 Å². The molecule has 2 rings (SSSR count). The summed E-state index contributed by atoms with van der Waals surface area (Å²) in [4.78, 5) is 24.2. The third-order valence-electron chi connectivity index (χ3n) is 2.94. The molecule has 0 atom stereocenters. The quantitative estimate of drug-likeness (QED) is 0.882. The fourth-order valence-electron chi connectivity index (χ4n) is 1.83. The van der Waals surface area contributed by atoms with Crippen LogP contribution in [0, 0.1) is 6.92 Å². The van der Waals surface area contributed by atoms with Gasteiger partial charge in [0.1, 0.15) is 4.88 Å². The highest BCUT2D eigenvalue weighted by Crippen LogP contribution is 2.15. The smallest absolute Gasteiger partial charge is 0.265 e. The number of amides is 2. The van der Waals surface area contributed by atoms with Crippen LogP contribution in [0.5, 0.6) is 0 Å². The predicted octanol–water partition coefficient (Wildman–Crippen LogP) is 1.78. The zero-order chi connectivity index (χ0) is 15.2. The lowest BCUT2D eigenvalue weighted by atomic mass is 10.1. The third kappa shape index (κ3) is 3.85. The highest BCUT2D eigenvalue weighted by molar-refractivity contribution is 7.08. The molecule has 2 amide bonds. The number of carbonyl (C=O) groups is 2. The second-order valence-electron chi connectivity index (χ2n) is 4.43. The van der Waals surface area contributed by atoms with Crippen LogP contribution in [-0.2, 0) is 11.2 Å². The van der Waals surface area contributed by atoms with Crippen molar-refractivity contribution in [2.45, 2.75) is 20.3 Å². The van der Waals surface area contributed by atoms with Crippen molar-refractivity contribution >= 4 is 29.0 Å². The SMILES string of the molecule is CCc1ccccc1NC(=O)CNC(=O)c1snnc1C. The summed E-state index contributed by atoms with van der Waals surface area (Å²) in [6, 6.07) is 7.59. The van der Waals surface area contributed by atoms with Crippen molar-refractivity contribution in [1.29, 1.82) is 0 Å². The minimum absolute atomic E-state index is 0.0891.